The Hall–Kier alpha value is -2.01. The number of carbonyl (C=O) groups is 1. The number of hydrogen-bond acceptors (Lipinski definition) is 3. The second-order valence-corrected chi connectivity index (χ2v) is 4.86. The summed E-state index contributed by atoms with van der Waals surface area (Å²) >= 11 is 5.80. The first-order chi connectivity index (χ1) is 9.66. The molecule has 1 aromatic carbocycles. The van der Waals surface area contributed by atoms with Crippen LogP contribution in [0.1, 0.15) is 23.2 Å². The van der Waals surface area contributed by atoms with Crippen molar-refractivity contribution >= 4 is 17.5 Å². The Balaban J connectivity index is 1.73. The fraction of sp³-hybridized carbons (Fsp3) is 0.286. The number of phenols is 1. The predicted octanol–water partition coefficient (Wildman–Crippen LogP) is 2.45. The maximum atomic E-state index is 11.9. The van der Waals surface area contributed by atoms with Crippen molar-refractivity contribution in [3.63, 3.8) is 0 Å². The highest BCUT2D eigenvalue weighted by molar-refractivity contribution is 6.31. The standard InChI is InChI=1S/C14H16ClN3O2/c15-11-3-4-13(19)12(9-11)14(20)17-5-1-2-7-18-8-6-16-10-18/h3-4,6,8-10,19H,1-2,5,7H2,(H,17,20). The first kappa shape index (κ1) is 14.4. The molecule has 2 N–H and O–H groups in total. The number of carbonyl (C=O) groups excluding carboxylic acids is 1. The second kappa shape index (κ2) is 6.96. The molecule has 0 aliphatic rings. The number of imidazole rings is 1. The summed E-state index contributed by atoms with van der Waals surface area (Å²) < 4.78 is 1.99. The Morgan fingerprint density at radius 3 is 3.00 bits per heavy atom. The zero-order valence-corrected chi connectivity index (χ0v) is 11.7. The molecule has 0 saturated carbocycles. The Morgan fingerprint density at radius 1 is 1.40 bits per heavy atom. The Labute approximate surface area is 122 Å². The number of phenolic OH excluding ortho intramolecular Hbond substituents is 1. The average Bonchev–Trinajstić information content (AvgIpc) is 2.94. The quantitative estimate of drug-likeness (QED) is 0.804. The number of nitrogens with zero attached hydrogens (tertiary/aromatic N) is 2. The van der Waals surface area contributed by atoms with Gasteiger partial charge in [0.15, 0.2) is 0 Å². The molecule has 0 radical (unpaired) electrons. The summed E-state index contributed by atoms with van der Waals surface area (Å²) in [6, 6.07) is 4.41. The van der Waals surface area contributed by atoms with Gasteiger partial charge in [0.05, 0.1) is 11.9 Å². The van der Waals surface area contributed by atoms with Gasteiger partial charge in [-0.1, -0.05) is 11.6 Å². The van der Waals surface area contributed by atoms with Crippen molar-refractivity contribution in [3.8, 4) is 5.75 Å². The summed E-state index contributed by atoms with van der Waals surface area (Å²) in [7, 11) is 0. The molecule has 0 unspecified atom stereocenters. The number of amides is 1. The predicted molar refractivity (Wildman–Crippen MR) is 76.9 cm³/mol. The van der Waals surface area contributed by atoms with Gasteiger partial charge in [0.2, 0.25) is 0 Å². The molecule has 5 nitrogen and oxygen atoms in total. The van der Waals surface area contributed by atoms with E-state index in [0.29, 0.717) is 11.6 Å². The zero-order valence-electron chi connectivity index (χ0n) is 10.9. The van der Waals surface area contributed by atoms with E-state index in [-0.39, 0.29) is 17.2 Å². The van der Waals surface area contributed by atoms with Crippen molar-refractivity contribution in [2.24, 2.45) is 0 Å². The van der Waals surface area contributed by atoms with E-state index in [4.69, 9.17) is 11.6 Å². The van der Waals surface area contributed by atoms with Gasteiger partial charge in [0.25, 0.3) is 5.91 Å². The van der Waals surface area contributed by atoms with Crippen molar-refractivity contribution in [2.45, 2.75) is 19.4 Å². The first-order valence-corrected chi connectivity index (χ1v) is 6.77. The maximum absolute atomic E-state index is 11.9. The molecule has 0 atom stereocenters. The number of halogens is 1. The highest BCUT2D eigenvalue weighted by Gasteiger charge is 2.10. The molecule has 0 bridgehead atoms. The molecule has 2 aromatic rings. The highest BCUT2D eigenvalue weighted by Crippen LogP contribution is 2.21. The lowest BCUT2D eigenvalue weighted by molar-refractivity contribution is 0.0950. The molecule has 1 aromatic heterocycles. The summed E-state index contributed by atoms with van der Waals surface area (Å²) in [5.41, 5.74) is 0.201. The van der Waals surface area contributed by atoms with Gasteiger partial charge in [-0.05, 0) is 31.0 Å². The molecule has 6 heteroatoms. The minimum absolute atomic E-state index is 0.0645. The van der Waals surface area contributed by atoms with E-state index < -0.39 is 0 Å². The van der Waals surface area contributed by atoms with Gasteiger partial charge in [-0.15, -0.1) is 0 Å². The van der Waals surface area contributed by atoms with Gasteiger partial charge < -0.3 is 15.0 Å². The van der Waals surface area contributed by atoms with Crippen LogP contribution in [0.4, 0.5) is 0 Å². The molecule has 0 aliphatic carbocycles. The number of aromatic hydroxyl groups is 1. The van der Waals surface area contributed by atoms with Crippen molar-refractivity contribution in [3.05, 3.63) is 47.5 Å². The molecule has 0 aliphatic heterocycles. The maximum Gasteiger partial charge on any atom is 0.255 e. The smallest absolute Gasteiger partial charge is 0.255 e. The van der Waals surface area contributed by atoms with Crippen LogP contribution in [-0.4, -0.2) is 27.1 Å². The van der Waals surface area contributed by atoms with Gasteiger partial charge in [-0.2, -0.15) is 0 Å². The van der Waals surface area contributed by atoms with Crippen LogP contribution in [0.2, 0.25) is 5.02 Å². The van der Waals surface area contributed by atoms with Crippen LogP contribution in [0.15, 0.2) is 36.9 Å². The van der Waals surface area contributed by atoms with Crippen molar-refractivity contribution in [1.82, 2.24) is 14.9 Å². The highest BCUT2D eigenvalue weighted by atomic mass is 35.5. The fourth-order valence-electron chi connectivity index (χ4n) is 1.83. The first-order valence-electron chi connectivity index (χ1n) is 6.39. The third-order valence-electron chi connectivity index (χ3n) is 2.89. The van der Waals surface area contributed by atoms with Gasteiger partial charge in [-0.3, -0.25) is 4.79 Å². The normalized spacial score (nSPS) is 10.4. The number of aromatic nitrogens is 2. The minimum Gasteiger partial charge on any atom is -0.507 e. The summed E-state index contributed by atoms with van der Waals surface area (Å²) in [6.07, 6.45) is 7.21. The van der Waals surface area contributed by atoms with Crippen LogP contribution in [0, 0.1) is 0 Å². The van der Waals surface area contributed by atoms with E-state index in [1.54, 1.807) is 18.6 Å². The molecule has 0 spiro atoms. The number of unbranched alkanes of at least 4 members (excludes halogenated alkanes) is 1. The lowest BCUT2D eigenvalue weighted by Gasteiger charge is -2.07. The van der Waals surface area contributed by atoms with E-state index >= 15 is 0 Å². The van der Waals surface area contributed by atoms with Crippen LogP contribution < -0.4 is 5.32 Å². The largest absolute Gasteiger partial charge is 0.507 e. The minimum atomic E-state index is -0.312. The number of benzene rings is 1. The molecule has 106 valence electrons. The fourth-order valence-corrected chi connectivity index (χ4v) is 2.00. The average molecular weight is 294 g/mol. The SMILES string of the molecule is O=C(NCCCCn1ccnc1)c1cc(Cl)ccc1O. The molecule has 1 amide bonds. The molecule has 2 rings (SSSR count). The van der Waals surface area contributed by atoms with E-state index in [2.05, 4.69) is 10.3 Å². The van der Waals surface area contributed by atoms with Gasteiger partial charge in [0.1, 0.15) is 5.75 Å². The Bertz CT molecular complexity index is 570. The van der Waals surface area contributed by atoms with E-state index in [1.807, 2.05) is 10.8 Å². The zero-order chi connectivity index (χ0) is 14.4. The van der Waals surface area contributed by atoms with Gasteiger partial charge in [-0.25, -0.2) is 4.98 Å². The van der Waals surface area contributed by atoms with Crippen LogP contribution in [0.25, 0.3) is 0 Å². The van der Waals surface area contributed by atoms with E-state index in [0.717, 1.165) is 19.4 Å². The van der Waals surface area contributed by atoms with Crippen molar-refractivity contribution < 1.29 is 9.90 Å². The van der Waals surface area contributed by atoms with Crippen molar-refractivity contribution in [1.29, 1.82) is 0 Å². The number of rotatable bonds is 6. The molecule has 1 heterocycles. The molecule has 0 fully saturated rings. The summed E-state index contributed by atoms with van der Waals surface area (Å²) in [5.74, 6) is -0.377. The van der Waals surface area contributed by atoms with E-state index in [1.165, 1.54) is 12.1 Å². The summed E-state index contributed by atoms with van der Waals surface area (Å²) in [5, 5.41) is 12.8. The monoisotopic (exact) mass is 293 g/mol. The van der Waals surface area contributed by atoms with Crippen LogP contribution >= 0.6 is 11.6 Å². The van der Waals surface area contributed by atoms with E-state index in [9.17, 15) is 9.90 Å². The van der Waals surface area contributed by atoms with Crippen LogP contribution in [-0.2, 0) is 6.54 Å². The molecular formula is C14H16ClN3O2. The summed E-state index contributed by atoms with van der Waals surface area (Å²) in [6.45, 7) is 1.43. The molecular weight excluding hydrogens is 278 g/mol. The number of aryl methyl sites for hydroxylation is 1. The third kappa shape index (κ3) is 3.99. The topological polar surface area (TPSA) is 67.2 Å². The van der Waals surface area contributed by atoms with Gasteiger partial charge in [0, 0.05) is 30.5 Å². The second-order valence-electron chi connectivity index (χ2n) is 4.42. The lowest BCUT2D eigenvalue weighted by Crippen LogP contribution is -2.24. The molecule has 20 heavy (non-hydrogen) atoms. The lowest BCUT2D eigenvalue weighted by atomic mass is 10.2. The Morgan fingerprint density at radius 2 is 2.25 bits per heavy atom. The summed E-state index contributed by atoms with van der Waals surface area (Å²) in [4.78, 5) is 15.8. The third-order valence-corrected chi connectivity index (χ3v) is 3.13. The van der Waals surface area contributed by atoms with Gasteiger partial charge >= 0.3 is 0 Å². The number of hydrogen-bond donors (Lipinski definition) is 2. The van der Waals surface area contributed by atoms with Crippen molar-refractivity contribution in [2.75, 3.05) is 6.54 Å². The van der Waals surface area contributed by atoms with Crippen LogP contribution in [0.3, 0.4) is 0 Å². The Kier molecular flexibility index (Phi) is 5.01. The molecule has 0 saturated heterocycles. The number of nitrogens with one attached hydrogen (secondary N) is 1. The van der Waals surface area contributed by atoms with Crippen LogP contribution in [0.5, 0.6) is 5.75 Å².